The zero-order valence-electron chi connectivity index (χ0n) is 12.3. The predicted octanol–water partition coefficient (Wildman–Crippen LogP) is 4.19. The van der Waals surface area contributed by atoms with Crippen LogP contribution < -0.4 is 4.74 Å². The minimum absolute atomic E-state index is 0.381. The first-order valence-corrected chi connectivity index (χ1v) is 7.44. The van der Waals surface area contributed by atoms with Crippen LogP contribution in [-0.2, 0) is 0 Å². The van der Waals surface area contributed by atoms with Crippen molar-refractivity contribution >= 4 is 0 Å². The molecule has 0 saturated heterocycles. The van der Waals surface area contributed by atoms with E-state index in [1.54, 1.807) is 7.11 Å². The third-order valence-corrected chi connectivity index (χ3v) is 4.66. The minimum atomic E-state index is -0.385. The zero-order valence-corrected chi connectivity index (χ0v) is 12.3. The fraction of sp³-hybridized carbons (Fsp3) is 0.647. The Morgan fingerprint density at radius 1 is 1.05 bits per heavy atom. The van der Waals surface area contributed by atoms with E-state index >= 15 is 0 Å². The van der Waals surface area contributed by atoms with E-state index in [2.05, 4.69) is 13.8 Å². The van der Waals surface area contributed by atoms with E-state index in [-0.39, 0.29) is 6.10 Å². The van der Waals surface area contributed by atoms with Crippen molar-refractivity contribution in [3.8, 4) is 5.75 Å². The van der Waals surface area contributed by atoms with Crippen molar-refractivity contribution in [2.24, 2.45) is 17.8 Å². The summed E-state index contributed by atoms with van der Waals surface area (Å²) in [6, 6.07) is 7.84. The smallest absolute Gasteiger partial charge is 0.124 e. The Morgan fingerprint density at radius 2 is 1.63 bits per heavy atom. The topological polar surface area (TPSA) is 29.5 Å². The molecule has 1 unspecified atom stereocenters. The summed E-state index contributed by atoms with van der Waals surface area (Å²) >= 11 is 0. The summed E-state index contributed by atoms with van der Waals surface area (Å²) in [6.45, 7) is 4.61. The van der Waals surface area contributed by atoms with Gasteiger partial charge in [0.15, 0.2) is 0 Å². The average Bonchev–Trinajstić information content (AvgIpc) is 2.46. The van der Waals surface area contributed by atoms with Crippen molar-refractivity contribution in [3.05, 3.63) is 29.8 Å². The summed E-state index contributed by atoms with van der Waals surface area (Å²) < 4.78 is 5.36. The van der Waals surface area contributed by atoms with Crippen LogP contribution in [0.2, 0.25) is 0 Å². The lowest BCUT2D eigenvalue weighted by Gasteiger charge is -2.33. The van der Waals surface area contributed by atoms with Crippen LogP contribution in [0.4, 0.5) is 0 Å². The highest BCUT2D eigenvalue weighted by molar-refractivity contribution is 5.35. The van der Waals surface area contributed by atoms with Gasteiger partial charge in [-0.15, -0.1) is 0 Å². The molecule has 2 heteroatoms. The van der Waals surface area contributed by atoms with Gasteiger partial charge >= 0.3 is 0 Å². The van der Waals surface area contributed by atoms with Crippen molar-refractivity contribution < 1.29 is 9.84 Å². The van der Waals surface area contributed by atoms with Crippen molar-refractivity contribution in [2.75, 3.05) is 7.11 Å². The van der Waals surface area contributed by atoms with Gasteiger partial charge in [-0.3, -0.25) is 0 Å². The molecule has 1 fully saturated rings. The standard InChI is InChI=1S/C17H26O2/c1-12(2)13-8-10-14(11-9-13)17(18)15-6-4-5-7-16(15)19-3/h4-7,12-14,17-18H,8-11H2,1-3H3. The Bertz CT molecular complexity index is 392. The Labute approximate surface area is 116 Å². The van der Waals surface area contributed by atoms with E-state index in [9.17, 15) is 5.11 Å². The van der Waals surface area contributed by atoms with Crippen LogP contribution in [0, 0.1) is 17.8 Å². The molecule has 1 aromatic rings. The number of para-hydroxylation sites is 1. The van der Waals surface area contributed by atoms with Gasteiger partial charge in [0.05, 0.1) is 13.2 Å². The summed E-state index contributed by atoms with van der Waals surface area (Å²) in [5, 5.41) is 10.6. The molecule has 1 N–H and O–H groups in total. The number of rotatable bonds is 4. The number of hydrogen-bond donors (Lipinski definition) is 1. The quantitative estimate of drug-likeness (QED) is 0.881. The zero-order chi connectivity index (χ0) is 13.8. The lowest BCUT2D eigenvalue weighted by atomic mass is 9.74. The molecule has 1 aliphatic carbocycles. The van der Waals surface area contributed by atoms with Gasteiger partial charge in [-0.1, -0.05) is 32.0 Å². The molecule has 1 aromatic carbocycles. The number of ether oxygens (including phenoxy) is 1. The molecule has 106 valence electrons. The maximum atomic E-state index is 10.6. The summed E-state index contributed by atoms with van der Waals surface area (Å²) in [6.07, 6.45) is 4.36. The van der Waals surface area contributed by atoms with Crippen molar-refractivity contribution in [1.82, 2.24) is 0 Å². The summed E-state index contributed by atoms with van der Waals surface area (Å²) in [7, 11) is 1.67. The van der Waals surface area contributed by atoms with Crippen molar-refractivity contribution in [3.63, 3.8) is 0 Å². The maximum absolute atomic E-state index is 10.6. The van der Waals surface area contributed by atoms with Crippen LogP contribution >= 0.6 is 0 Å². The van der Waals surface area contributed by atoms with E-state index < -0.39 is 0 Å². The molecule has 1 aliphatic rings. The van der Waals surface area contributed by atoms with Gasteiger partial charge in [0.2, 0.25) is 0 Å². The number of aliphatic hydroxyl groups is 1. The molecule has 0 aromatic heterocycles. The van der Waals surface area contributed by atoms with Crippen LogP contribution in [0.3, 0.4) is 0 Å². The fourth-order valence-corrected chi connectivity index (χ4v) is 3.29. The Balaban J connectivity index is 2.03. The monoisotopic (exact) mass is 262 g/mol. The molecule has 0 aliphatic heterocycles. The second-order valence-corrected chi connectivity index (χ2v) is 6.11. The van der Waals surface area contributed by atoms with Crippen LogP contribution in [0.5, 0.6) is 5.75 Å². The van der Waals surface area contributed by atoms with Gasteiger partial charge in [-0.05, 0) is 49.5 Å². The SMILES string of the molecule is COc1ccccc1C(O)C1CCC(C(C)C)CC1. The first-order valence-electron chi connectivity index (χ1n) is 7.44. The summed E-state index contributed by atoms with van der Waals surface area (Å²) in [5.41, 5.74) is 0.943. The first-order chi connectivity index (χ1) is 9.13. The van der Waals surface area contributed by atoms with Crippen LogP contribution in [0.15, 0.2) is 24.3 Å². The van der Waals surface area contributed by atoms with Gasteiger partial charge in [-0.2, -0.15) is 0 Å². The molecular formula is C17H26O2. The van der Waals surface area contributed by atoms with Crippen LogP contribution in [-0.4, -0.2) is 12.2 Å². The summed E-state index contributed by atoms with van der Waals surface area (Å²) in [5.74, 6) is 2.79. The number of benzene rings is 1. The van der Waals surface area contributed by atoms with Gasteiger partial charge in [0.25, 0.3) is 0 Å². The van der Waals surface area contributed by atoms with Crippen LogP contribution in [0.25, 0.3) is 0 Å². The normalized spacial score (nSPS) is 25.3. The molecular weight excluding hydrogens is 236 g/mol. The Morgan fingerprint density at radius 3 is 2.21 bits per heavy atom. The molecule has 1 atom stereocenters. The Kier molecular flexibility index (Phi) is 4.87. The van der Waals surface area contributed by atoms with Crippen molar-refractivity contribution in [1.29, 1.82) is 0 Å². The highest BCUT2D eigenvalue weighted by atomic mass is 16.5. The molecule has 2 nitrogen and oxygen atoms in total. The average molecular weight is 262 g/mol. The largest absolute Gasteiger partial charge is 0.496 e. The van der Waals surface area contributed by atoms with Gasteiger partial charge in [-0.25, -0.2) is 0 Å². The number of aliphatic hydroxyl groups excluding tert-OH is 1. The second kappa shape index (κ2) is 6.42. The highest BCUT2D eigenvalue weighted by Crippen LogP contribution is 2.41. The van der Waals surface area contributed by atoms with Crippen LogP contribution in [0.1, 0.15) is 51.2 Å². The van der Waals surface area contributed by atoms with E-state index in [1.165, 1.54) is 12.8 Å². The fourth-order valence-electron chi connectivity index (χ4n) is 3.29. The first kappa shape index (κ1) is 14.4. The molecule has 2 rings (SSSR count). The van der Waals surface area contributed by atoms with E-state index in [4.69, 9.17) is 4.74 Å². The van der Waals surface area contributed by atoms with Gasteiger partial charge in [0, 0.05) is 5.56 Å². The van der Waals surface area contributed by atoms with Gasteiger partial charge in [0.1, 0.15) is 5.75 Å². The number of hydrogen-bond acceptors (Lipinski definition) is 2. The van der Waals surface area contributed by atoms with Crippen molar-refractivity contribution in [2.45, 2.75) is 45.6 Å². The molecule has 0 spiro atoms. The Hall–Kier alpha value is -1.02. The minimum Gasteiger partial charge on any atom is -0.496 e. The van der Waals surface area contributed by atoms with Gasteiger partial charge < -0.3 is 9.84 Å². The van der Waals surface area contributed by atoms with E-state index in [1.807, 2.05) is 24.3 Å². The predicted molar refractivity (Wildman–Crippen MR) is 78.2 cm³/mol. The third kappa shape index (κ3) is 3.30. The molecule has 0 radical (unpaired) electrons. The molecule has 0 heterocycles. The third-order valence-electron chi connectivity index (χ3n) is 4.66. The molecule has 1 saturated carbocycles. The highest BCUT2D eigenvalue weighted by Gasteiger charge is 2.29. The maximum Gasteiger partial charge on any atom is 0.124 e. The molecule has 0 amide bonds. The molecule has 19 heavy (non-hydrogen) atoms. The molecule has 0 bridgehead atoms. The van der Waals surface area contributed by atoms with E-state index in [0.29, 0.717) is 5.92 Å². The van der Waals surface area contributed by atoms with E-state index in [0.717, 1.165) is 36.0 Å². The summed E-state index contributed by atoms with van der Waals surface area (Å²) in [4.78, 5) is 0. The second-order valence-electron chi connectivity index (χ2n) is 6.11. The lowest BCUT2D eigenvalue weighted by Crippen LogP contribution is -2.23. The number of methoxy groups -OCH3 is 1. The lowest BCUT2D eigenvalue weighted by molar-refractivity contribution is 0.0649.